The standard InChI is InChI=1S/C17H19NO2/c1-4-12(2)18-16(14-8-6-5-7-9-14)11-10-15(13(3)19)17(18)20/h5-12H,4H2,1-3H3. The second-order valence-corrected chi connectivity index (χ2v) is 4.99. The molecule has 1 aromatic heterocycles. The van der Waals surface area contributed by atoms with Gasteiger partial charge in [0, 0.05) is 6.04 Å². The molecule has 1 unspecified atom stereocenters. The number of aromatic nitrogens is 1. The zero-order valence-corrected chi connectivity index (χ0v) is 12.1. The molecule has 2 rings (SSSR count). The van der Waals surface area contributed by atoms with Crippen LogP contribution < -0.4 is 5.56 Å². The molecule has 1 atom stereocenters. The van der Waals surface area contributed by atoms with E-state index in [4.69, 9.17) is 0 Å². The predicted molar refractivity (Wildman–Crippen MR) is 81.1 cm³/mol. The SMILES string of the molecule is CCC(C)n1c(-c2ccccc2)ccc(C(C)=O)c1=O. The first-order valence-electron chi connectivity index (χ1n) is 6.88. The lowest BCUT2D eigenvalue weighted by Gasteiger charge is -2.19. The Bertz CT molecular complexity index is 671. The van der Waals surface area contributed by atoms with Gasteiger partial charge < -0.3 is 4.57 Å². The number of hydrogen-bond donors (Lipinski definition) is 0. The van der Waals surface area contributed by atoms with E-state index in [0.717, 1.165) is 17.7 Å². The molecular formula is C17H19NO2. The molecule has 0 saturated carbocycles. The van der Waals surface area contributed by atoms with Crippen LogP contribution in [-0.4, -0.2) is 10.4 Å². The summed E-state index contributed by atoms with van der Waals surface area (Å²) >= 11 is 0. The molecule has 3 nitrogen and oxygen atoms in total. The summed E-state index contributed by atoms with van der Waals surface area (Å²) in [6.07, 6.45) is 0.834. The maximum absolute atomic E-state index is 12.5. The molecule has 104 valence electrons. The molecule has 0 amide bonds. The van der Waals surface area contributed by atoms with Gasteiger partial charge in [0.05, 0.1) is 11.3 Å². The molecule has 0 saturated heterocycles. The smallest absolute Gasteiger partial charge is 0.262 e. The molecular weight excluding hydrogens is 250 g/mol. The van der Waals surface area contributed by atoms with Gasteiger partial charge in [-0.2, -0.15) is 0 Å². The molecule has 0 bridgehead atoms. The van der Waals surface area contributed by atoms with Crippen LogP contribution in [0.25, 0.3) is 11.3 Å². The van der Waals surface area contributed by atoms with Gasteiger partial charge in [-0.3, -0.25) is 9.59 Å². The van der Waals surface area contributed by atoms with Crippen LogP contribution in [0.3, 0.4) is 0 Å². The van der Waals surface area contributed by atoms with Crippen molar-refractivity contribution in [1.29, 1.82) is 0 Å². The van der Waals surface area contributed by atoms with Gasteiger partial charge in [0.25, 0.3) is 5.56 Å². The Morgan fingerprint density at radius 3 is 2.35 bits per heavy atom. The summed E-state index contributed by atoms with van der Waals surface area (Å²) in [6.45, 7) is 5.46. The monoisotopic (exact) mass is 269 g/mol. The second kappa shape index (κ2) is 5.87. The van der Waals surface area contributed by atoms with Gasteiger partial charge in [-0.05, 0) is 38.0 Å². The van der Waals surface area contributed by atoms with Gasteiger partial charge in [0.2, 0.25) is 0 Å². The van der Waals surface area contributed by atoms with Crippen molar-refractivity contribution in [2.45, 2.75) is 33.2 Å². The summed E-state index contributed by atoms with van der Waals surface area (Å²) in [5, 5.41) is 0. The van der Waals surface area contributed by atoms with Crippen molar-refractivity contribution in [2.75, 3.05) is 0 Å². The third kappa shape index (κ3) is 2.57. The highest BCUT2D eigenvalue weighted by Gasteiger charge is 2.16. The van der Waals surface area contributed by atoms with Crippen molar-refractivity contribution < 1.29 is 4.79 Å². The van der Waals surface area contributed by atoms with Crippen molar-refractivity contribution in [3.8, 4) is 11.3 Å². The van der Waals surface area contributed by atoms with E-state index in [9.17, 15) is 9.59 Å². The number of Topliss-reactive ketones (excluding diaryl/α,β-unsaturated/α-hetero) is 1. The number of hydrogen-bond acceptors (Lipinski definition) is 2. The molecule has 0 radical (unpaired) electrons. The maximum Gasteiger partial charge on any atom is 0.262 e. The lowest BCUT2D eigenvalue weighted by Crippen LogP contribution is -2.29. The van der Waals surface area contributed by atoms with E-state index in [2.05, 4.69) is 0 Å². The van der Waals surface area contributed by atoms with Gasteiger partial charge in [0.15, 0.2) is 5.78 Å². The average molecular weight is 269 g/mol. The lowest BCUT2D eigenvalue weighted by molar-refractivity contribution is 0.101. The highest BCUT2D eigenvalue weighted by atomic mass is 16.1. The average Bonchev–Trinajstić information content (AvgIpc) is 2.46. The first-order valence-corrected chi connectivity index (χ1v) is 6.88. The first kappa shape index (κ1) is 14.3. The van der Waals surface area contributed by atoms with Crippen LogP contribution in [0.15, 0.2) is 47.3 Å². The molecule has 0 aliphatic heterocycles. The van der Waals surface area contributed by atoms with Crippen LogP contribution in [0.2, 0.25) is 0 Å². The van der Waals surface area contributed by atoms with Crippen LogP contribution in [0.1, 0.15) is 43.6 Å². The number of carbonyl (C=O) groups is 1. The highest BCUT2D eigenvalue weighted by Crippen LogP contribution is 2.22. The number of nitrogens with zero attached hydrogens (tertiary/aromatic N) is 1. The lowest BCUT2D eigenvalue weighted by atomic mass is 10.1. The maximum atomic E-state index is 12.5. The van der Waals surface area contributed by atoms with Gasteiger partial charge >= 0.3 is 0 Å². The normalized spacial score (nSPS) is 12.2. The minimum absolute atomic E-state index is 0.0528. The van der Waals surface area contributed by atoms with E-state index < -0.39 is 0 Å². The van der Waals surface area contributed by atoms with Crippen molar-refractivity contribution in [3.05, 3.63) is 58.4 Å². The van der Waals surface area contributed by atoms with Crippen LogP contribution in [-0.2, 0) is 0 Å². The van der Waals surface area contributed by atoms with E-state index >= 15 is 0 Å². The molecule has 2 aromatic rings. The first-order chi connectivity index (χ1) is 9.56. The third-order valence-electron chi connectivity index (χ3n) is 3.60. The van der Waals surface area contributed by atoms with E-state index in [0.29, 0.717) is 0 Å². The number of rotatable bonds is 4. The molecule has 0 aliphatic rings. The van der Waals surface area contributed by atoms with Crippen molar-refractivity contribution >= 4 is 5.78 Å². The molecule has 1 heterocycles. The fourth-order valence-electron chi connectivity index (χ4n) is 2.29. The van der Waals surface area contributed by atoms with Gasteiger partial charge in [-0.1, -0.05) is 37.3 Å². The molecule has 0 fully saturated rings. The molecule has 3 heteroatoms. The Morgan fingerprint density at radius 1 is 1.15 bits per heavy atom. The number of benzene rings is 1. The second-order valence-electron chi connectivity index (χ2n) is 4.99. The fourth-order valence-corrected chi connectivity index (χ4v) is 2.29. The quantitative estimate of drug-likeness (QED) is 0.794. The predicted octanol–water partition coefficient (Wildman–Crippen LogP) is 3.69. The molecule has 1 aromatic carbocycles. The summed E-state index contributed by atoms with van der Waals surface area (Å²) in [5.74, 6) is -0.188. The van der Waals surface area contributed by atoms with Gasteiger partial charge in [0.1, 0.15) is 0 Å². The van der Waals surface area contributed by atoms with E-state index in [1.165, 1.54) is 6.92 Å². The third-order valence-corrected chi connectivity index (χ3v) is 3.60. The van der Waals surface area contributed by atoms with E-state index in [-0.39, 0.29) is 22.9 Å². The van der Waals surface area contributed by atoms with Crippen LogP contribution >= 0.6 is 0 Å². The molecule has 0 N–H and O–H groups in total. The highest BCUT2D eigenvalue weighted by molar-refractivity contribution is 5.94. The topological polar surface area (TPSA) is 39.1 Å². The summed E-state index contributed by atoms with van der Waals surface area (Å²) in [4.78, 5) is 24.1. The fraction of sp³-hybridized carbons (Fsp3) is 0.294. The number of pyridine rings is 1. The Labute approximate surface area is 118 Å². The Kier molecular flexibility index (Phi) is 4.18. The molecule has 20 heavy (non-hydrogen) atoms. The Hall–Kier alpha value is -2.16. The minimum atomic E-state index is -0.201. The number of ketones is 1. The van der Waals surface area contributed by atoms with Gasteiger partial charge in [-0.15, -0.1) is 0 Å². The summed E-state index contributed by atoms with van der Waals surface area (Å²) in [7, 11) is 0. The Morgan fingerprint density at radius 2 is 1.80 bits per heavy atom. The summed E-state index contributed by atoms with van der Waals surface area (Å²) in [6, 6.07) is 13.3. The molecule has 0 aliphatic carbocycles. The van der Waals surface area contributed by atoms with Crippen molar-refractivity contribution in [2.24, 2.45) is 0 Å². The van der Waals surface area contributed by atoms with Crippen LogP contribution in [0, 0.1) is 0 Å². The zero-order chi connectivity index (χ0) is 14.7. The van der Waals surface area contributed by atoms with Crippen LogP contribution in [0.4, 0.5) is 0 Å². The molecule has 0 spiro atoms. The minimum Gasteiger partial charge on any atom is -0.305 e. The summed E-state index contributed by atoms with van der Waals surface area (Å²) < 4.78 is 1.73. The van der Waals surface area contributed by atoms with Crippen molar-refractivity contribution in [3.63, 3.8) is 0 Å². The largest absolute Gasteiger partial charge is 0.305 e. The van der Waals surface area contributed by atoms with Crippen LogP contribution in [0.5, 0.6) is 0 Å². The van der Waals surface area contributed by atoms with Crippen molar-refractivity contribution in [1.82, 2.24) is 4.57 Å². The van der Waals surface area contributed by atoms with Gasteiger partial charge in [-0.25, -0.2) is 0 Å². The Balaban J connectivity index is 2.73. The van der Waals surface area contributed by atoms with E-state index in [1.54, 1.807) is 10.6 Å². The zero-order valence-electron chi connectivity index (χ0n) is 12.1. The van der Waals surface area contributed by atoms with E-state index in [1.807, 2.05) is 50.2 Å². The number of carbonyl (C=O) groups excluding carboxylic acids is 1. The summed E-state index contributed by atoms with van der Waals surface area (Å²) in [5.41, 5.74) is 1.90.